The van der Waals surface area contributed by atoms with Crippen molar-refractivity contribution in [2.45, 2.75) is 77.6 Å². The van der Waals surface area contributed by atoms with Gasteiger partial charge in [0, 0.05) is 0 Å². The first kappa shape index (κ1) is 13.0. The standard InChI is InChI=1S/C13H26O2/c1-5-6-10-7-8-11(14)12(9-10)15-13(2,3)4/h10-12,14H,5-9H2,1-4H3. The van der Waals surface area contributed by atoms with E-state index in [1.165, 1.54) is 19.3 Å². The second kappa shape index (κ2) is 5.31. The van der Waals surface area contributed by atoms with Gasteiger partial charge in [0.2, 0.25) is 0 Å². The zero-order valence-corrected chi connectivity index (χ0v) is 10.6. The molecule has 0 heterocycles. The van der Waals surface area contributed by atoms with Crippen LogP contribution in [0.15, 0.2) is 0 Å². The molecule has 1 rings (SSSR count). The average Bonchev–Trinajstić information content (AvgIpc) is 2.09. The van der Waals surface area contributed by atoms with E-state index in [9.17, 15) is 5.11 Å². The minimum atomic E-state index is -0.252. The van der Waals surface area contributed by atoms with E-state index in [-0.39, 0.29) is 17.8 Å². The minimum absolute atomic E-state index is 0.0512. The molecule has 0 aliphatic heterocycles. The van der Waals surface area contributed by atoms with Crippen LogP contribution in [0.25, 0.3) is 0 Å². The van der Waals surface area contributed by atoms with Crippen molar-refractivity contribution in [1.29, 1.82) is 0 Å². The first-order valence-electron chi connectivity index (χ1n) is 6.28. The number of ether oxygens (including phenoxy) is 1. The van der Waals surface area contributed by atoms with Gasteiger partial charge in [-0.15, -0.1) is 0 Å². The van der Waals surface area contributed by atoms with Gasteiger partial charge < -0.3 is 9.84 Å². The summed E-state index contributed by atoms with van der Waals surface area (Å²) in [4.78, 5) is 0. The third-order valence-corrected chi connectivity index (χ3v) is 3.07. The SMILES string of the molecule is CCCC1CCC(O)C(OC(C)(C)C)C1. The number of aliphatic hydroxyl groups excluding tert-OH is 1. The fraction of sp³-hybridized carbons (Fsp3) is 1.00. The molecule has 0 aromatic rings. The molecule has 1 aliphatic rings. The topological polar surface area (TPSA) is 29.5 Å². The summed E-state index contributed by atoms with van der Waals surface area (Å²) in [6.07, 6.45) is 5.42. The molecular weight excluding hydrogens is 188 g/mol. The van der Waals surface area contributed by atoms with Crippen molar-refractivity contribution in [3.8, 4) is 0 Å². The van der Waals surface area contributed by atoms with Crippen LogP contribution in [-0.4, -0.2) is 22.9 Å². The van der Waals surface area contributed by atoms with E-state index in [1.807, 2.05) is 0 Å². The van der Waals surface area contributed by atoms with Gasteiger partial charge in [0.15, 0.2) is 0 Å². The smallest absolute Gasteiger partial charge is 0.0843 e. The Bertz CT molecular complexity index is 183. The van der Waals surface area contributed by atoms with Crippen molar-refractivity contribution < 1.29 is 9.84 Å². The molecular formula is C13H26O2. The van der Waals surface area contributed by atoms with Crippen molar-refractivity contribution in [3.05, 3.63) is 0 Å². The van der Waals surface area contributed by atoms with Gasteiger partial charge in [-0.05, 0) is 46.0 Å². The van der Waals surface area contributed by atoms with Gasteiger partial charge >= 0.3 is 0 Å². The maximum absolute atomic E-state index is 9.89. The predicted octanol–water partition coefficient (Wildman–Crippen LogP) is 3.13. The summed E-state index contributed by atoms with van der Waals surface area (Å²) in [6, 6.07) is 0. The highest BCUT2D eigenvalue weighted by Gasteiger charge is 2.32. The predicted molar refractivity (Wildman–Crippen MR) is 62.9 cm³/mol. The molecule has 0 saturated heterocycles. The van der Waals surface area contributed by atoms with Gasteiger partial charge in [-0.1, -0.05) is 19.8 Å². The van der Waals surface area contributed by atoms with E-state index >= 15 is 0 Å². The molecule has 0 aromatic heterocycles. The summed E-state index contributed by atoms with van der Waals surface area (Å²) in [7, 11) is 0. The van der Waals surface area contributed by atoms with Crippen molar-refractivity contribution in [2.24, 2.45) is 5.92 Å². The maximum atomic E-state index is 9.89. The van der Waals surface area contributed by atoms with Crippen LogP contribution in [0.2, 0.25) is 0 Å². The number of hydrogen-bond acceptors (Lipinski definition) is 2. The van der Waals surface area contributed by atoms with Crippen LogP contribution in [-0.2, 0) is 4.74 Å². The third kappa shape index (κ3) is 4.52. The maximum Gasteiger partial charge on any atom is 0.0843 e. The van der Waals surface area contributed by atoms with Crippen molar-refractivity contribution in [2.75, 3.05) is 0 Å². The molecule has 0 amide bonds. The zero-order chi connectivity index (χ0) is 11.5. The van der Waals surface area contributed by atoms with Gasteiger partial charge in [-0.25, -0.2) is 0 Å². The van der Waals surface area contributed by atoms with Gasteiger partial charge in [0.1, 0.15) is 0 Å². The largest absolute Gasteiger partial charge is 0.390 e. The Kier molecular flexibility index (Phi) is 4.60. The summed E-state index contributed by atoms with van der Waals surface area (Å²) in [5.74, 6) is 0.755. The molecule has 0 bridgehead atoms. The molecule has 0 radical (unpaired) electrons. The van der Waals surface area contributed by atoms with Crippen LogP contribution < -0.4 is 0 Å². The van der Waals surface area contributed by atoms with Crippen LogP contribution in [0.3, 0.4) is 0 Å². The quantitative estimate of drug-likeness (QED) is 0.782. The van der Waals surface area contributed by atoms with Crippen LogP contribution in [0.5, 0.6) is 0 Å². The Balaban J connectivity index is 2.46. The normalized spacial score (nSPS) is 33.0. The summed E-state index contributed by atoms with van der Waals surface area (Å²) in [5, 5.41) is 9.89. The second-order valence-corrected chi connectivity index (χ2v) is 5.80. The van der Waals surface area contributed by atoms with Gasteiger partial charge in [-0.2, -0.15) is 0 Å². The Morgan fingerprint density at radius 2 is 1.93 bits per heavy atom. The molecule has 0 aromatic carbocycles. The second-order valence-electron chi connectivity index (χ2n) is 5.80. The van der Waals surface area contributed by atoms with E-state index in [2.05, 4.69) is 27.7 Å². The number of rotatable bonds is 3. The number of hydrogen-bond donors (Lipinski definition) is 1. The molecule has 1 N–H and O–H groups in total. The highest BCUT2D eigenvalue weighted by molar-refractivity contribution is 4.82. The molecule has 1 aliphatic carbocycles. The molecule has 2 nitrogen and oxygen atoms in total. The van der Waals surface area contributed by atoms with E-state index in [0.29, 0.717) is 0 Å². The monoisotopic (exact) mass is 214 g/mol. The molecule has 90 valence electrons. The lowest BCUT2D eigenvalue weighted by molar-refractivity contribution is -0.133. The zero-order valence-electron chi connectivity index (χ0n) is 10.6. The lowest BCUT2D eigenvalue weighted by Gasteiger charge is -2.37. The lowest BCUT2D eigenvalue weighted by atomic mass is 9.82. The minimum Gasteiger partial charge on any atom is -0.390 e. The van der Waals surface area contributed by atoms with E-state index in [1.54, 1.807) is 0 Å². The molecule has 3 unspecified atom stereocenters. The molecule has 2 heteroatoms. The Labute approximate surface area is 94.0 Å². The van der Waals surface area contributed by atoms with Crippen LogP contribution in [0.4, 0.5) is 0 Å². The van der Waals surface area contributed by atoms with Crippen molar-refractivity contribution in [1.82, 2.24) is 0 Å². The molecule has 15 heavy (non-hydrogen) atoms. The fourth-order valence-electron chi connectivity index (χ4n) is 2.45. The average molecular weight is 214 g/mol. The lowest BCUT2D eigenvalue weighted by Crippen LogP contribution is -2.40. The highest BCUT2D eigenvalue weighted by atomic mass is 16.5. The third-order valence-electron chi connectivity index (χ3n) is 3.07. The Morgan fingerprint density at radius 3 is 2.47 bits per heavy atom. The van der Waals surface area contributed by atoms with E-state index in [0.717, 1.165) is 18.8 Å². The van der Waals surface area contributed by atoms with E-state index in [4.69, 9.17) is 4.74 Å². The molecule has 0 spiro atoms. The molecule has 1 fully saturated rings. The Hall–Kier alpha value is -0.0800. The van der Waals surface area contributed by atoms with Crippen LogP contribution in [0, 0.1) is 5.92 Å². The van der Waals surface area contributed by atoms with Gasteiger partial charge in [-0.3, -0.25) is 0 Å². The highest BCUT2D eigenvalue weighted by Crippen LogP contribution is 2.31. The van der Waals surface area contributed by atoms with E-state index < -0.39 is 0 Å². The van der Waals surface area contributed by atoms with Crippen LogP contribution >= 0.6 is 0 Å². The fourth-order valence-corrected chi connectivity index (χ4v) is 2.45. The number of aliphatic hydroxyl groups is 1. The van der Waals surface area contributed by atoms with Gasteiger partial charge in [0.05, 0.1) is 17.8 Å². The van der Waals surface area contributed by atoms with Crippen molar-refractivity contribution in [3.63, 3.8) is 0 Å². The molecule has 1 saturated carbocycles. The molecule has 3 atom stereocenters. The summed E-state index contributed by atoms with van der Waals surface area (Å²) < 4.78 is 5.92. The van der Waals surface area contributed by atoms with Gasteiger partial charge in [0.25, 0.3) is 0 Å². The Morgan fingerprint density at radius 1 is 1.27 bits per heavy atom. The summed E-state index contributed by atoms with van der Waals surface area (Å²) in [5.41, 5.74) is -0.139. The summed E-state index contributed by atoms with van der Waals surface area (Å²) >= 11 is 0. The first-order chi connectivity index (χ1) is 6.92. The first-order valence-corrected chi connectivity index (χ1v) is 6.28. The van der Waals surface area contributed by atoms with Crippen molar-refractivity contribution >= 4 is 0 Å². The summed E-state index contributed by atoms with van der Waals surface area (Å²) in [6.45, 7) is 8.40. The van der Waals surface area contributed by atoms with Crippen LogP contribution in [0.1, 0.15) is 59.8 Å².